The van der Waals surface area contributed by atoms with Crippen molar-refractivity contribution in [2.75, 3.05) is 38.7 Å². The van der Waals surface area contributed by atoms with Gasteiger partial charge in [0, 0.05) is 36.6 Å². The summed E-state index contributed by atoms with van der Waals surface area (Å²) in [5.41, 5.74) is 3.42. The van der Waals surface area contributed by atoms with E-state index in [0.29, 0.717) is 28.7 Å². The Labute approximate surface area is 267 Å². The fraction of sp³-hybridized carbons (Fsp3) is 0.382. The summed E-state index contributed by atoms with van der Waals surface area (Å²) in [5, 5.41) is 16.5. The molecule has 1 atom stereocenters. The summed E-state index contributed by atoms with van der Waals surface area (Å²) in [5.74, 6) is 0.791. The molecule has 0 aliphatic carbocycles. The number of nitrogens with one attached hydrogen (secondary N) is 3. The predicted octanol–water partition coefficient (Wildman–Crippen LogP) is 6.73. The molecule has 0 saturated carbocycles. The van der Waals surface area contributed by atoms with E-state index in [-0.39, 0.29) is 18.0 Å². The van der Waals surface area contributed by atoms with Gasteiger partial charge in [-0.3, -0.25) is 9.89 Å². The minimum Gasteiger partial charge on any atom is -0.491 e. The third kappa shape index (κ3) is 8.23. The molecule has 0 bridgehead atoms. The Bertz CT molecular complexity index is 1670. The molecule has 238 valence electrons. The van der Waals surface area contributed by atoms with Crippen molar-refractivity contribution in [3.8, 4) is 11.5 Å². The lowest BCUT2D eigenvalue weighted by Crippen LogP contribution is -2.40. The Morgan fingerprint density at radius 3 is 2.73 bits per heavy atom. The summed E-state index contributed by atoms with van der Waals surface area (Å²) in [6.45, 7) is 10.5. The number of hydrogen-bond acceptors (Lipinski definition) is 8. The van der Waals surface area contributed by atoms with Crippen molar-refractivity contribution in [2.45, 2.75) is 52.2 Å². The number of ether oxygens (including phenoxy) is 3. The standard InChI is InChI=1S/C34H41N5O5S/c1-22-16-20-45-31(22)32(40)36-29-23(11-13-27-25-9-6-7-10-26(25)37-38-27)12-14-28(30(29)42-5)43-19-8-17-39-18-15-24(21-39)35-33(41)44-34(2,3)4/h6-7,9-14,16,20,24H,8,15,17-19,21H2,1-5H3,(H,35,41)(H,36,40)(H,37,38)/b13-11+/t24-/m1/s1. The smallest absolute Gasteiger partial charge is 0.407 e. The van der Waals surface area contributed by atoms with Gasteiger partial charge in [0.05, 0.1) is 35.5 Å². The molecule has 1 saturated heterocycles. The van der Waals surface area contributed by atoms with Crippen LogP contribution in [-0.4, -0.2) is 72.1 Å². The Morgan fingerprint density at radius 2 is 1.98 bits per heavy atom. The maximum atomic E-state index is 13.3. The highest BCUT2D eigenvalue weighted by Crippen LogP contribution is 2.40. The Kier molecular flexibility index (Phi) is 10.1. The van der Waals surface area contributed by atoms with Crippen LogP contribution in [0.3, 0.4) is 0 Å². The monoisotopic (exact) mass is 631 g/mol. The van der Waals surface area contributed by atoms with Crippen LogP contribution in [0.25, 0.3) is 23.1 Å². The lowest BCUT2D eigenvalue weighted by Gasteiger charge is -2.22. The SMILES string of the molecule is COc1c(OCCCN2CC[C@@H](NC(=O)OC(C)(C)C)C2)ccc(/C=C/c2n[nH]c3ccccc23)c1NC(=O)c1sccc1C. The van der Waals surface area contributed by atoms with E-state index in [1.165, 1.54) is 11.3 Å². The van der Waals surface area contributed by atoms with Crippen molar-refractivity contribution in [1.29, 1.82) is 0 Å². The van der Waals surface area contributed by atoms with Crippen LogP contribution < -0.4 is 20.1 Å². The number of H-pyrrole nitrogens is 1. The fourth-order valence-electron chi connectivity index (χ4n) is 5.32. The highest BCUT2D eigenvalue weighted by Gasteiger charge is 2.26. The summed E-state index contributed by atoms with van der Waals surface area (Å²) in [6.07, 6.45) is 5.12. The van der Waals surface area contributed by atoms with Crippen LogP contribution in [0.5, 0.6) is 11.5 Å². The van der Waals surface area contributed by atoms with Gasteiger partial charge in [-0.15, -0.1) is 11.3 Å². The van der Waals surface area contributed by atoms with Gasteiger partial charge < -0.3 is 29.7 Å². The second-order valence-corrected chi connectivity index (χ2v) is 13.0. The number of aromatic nitrogens is 2. The highest BCUT2D eigenvalue weighted by molar-refractivity contribution is 7.12. The molecule has 1 fully saturated rings. The van der Waals surface area contributed by atoms with Crippen LogP contribution >= 0.6 is 11.3 Å². The summed E-state index contributed by atoms with van der Waals surface area (Å²) in [4.78, 5) is 28.4. The molecule has 0 spiro atoms. The van der Waals surface area contributed by atoms with Crippen molar-refractivity contribution in [3.63, 3.8) is 0 Å². The molecule has 5 rings (SSSR count). The maximum Gasteiger partial charge on any atom is 0.407 e. The number of fused-ring (bicyclic) bond motifs is 1. The number of aryl methyl sites for hydroxylation is 1. The number of aromatic amines is 1. The van der Waals surface area contributed by atoms with Gasteiger partial charge in [-0.2, -0.15) is 5.10 Å². The fourth-order valence-corrected chi connectivity index (χ4v) is 6.14. The zero-order valence-electron chi connectivity index (χ0n) is 26.4. The zero-order valence-corrected chi connectivity index (χ0v) is 27.3. The minimum absolute atomic E-state index is 0.0686. The molecule has 3 N–H and O–H groups in total. The zero-order chi connectivity index (χ0) is 32.0. The molecule has 0 unspecified atom stereocenters. The number of carbonyl (C=O) groups is 2. The van der Waals surface area contributed by atoms with E-state index in [2.05, 4.69) is 25.7 Å². The van der Waals surface area contributed by atoms with Crippen molar-refractivity contribution < 1.29 is 23.8 Å². The molecule has 45 heavy (non-hydrogen) atoms. The van der Waals surface area contributed by atoms with E-state index in [0.717, 1.165) is 60.2 Å². The summed E-state index contributed by atoms with van der Waals surface area (Å²) < 4.78 is 17.4. The van der Waals surface area contributed by atoms with E-state index in [1.54, 1.807) is 7.11 Å². The number of rotatable bonds is 11. The van der Waals surface area contributed by atoms with Gasteiger partial charge in [-0.1, -0.05) is 24.3 Å². The number of amides is 2. The number of carbonyl (C=O) groups excluding carboxylic acids is 2. The molecule has 11 heteroatoms. The third-order valence-corrected chi connectivity index (χ3v) is 8.47. The van der Waals surface area contributed by atoms with Gasteiger partial charge in [0.1, 0.15) is 5.60 Å². The number of methoxy groups -OCH3 is 1. The first kappa shape index (κ1) is 32.1. The topological polar surface area (TPSA) is 118 Å². The number of alkyl carbamates (subject to hydrolysis) is 1. The lowest BCUT2D eigenvalue weighted by atomic mass is 10.1. The average molecular weight is 632 g/mol. The second-order valence-electron chi connectivity index (χ2n) is 12.1. The number of thiophene rings is 1. The van der Waals surface area contributed by atoms with E-state index in [4.69, 9.17) is 14.2 Å². The van der Waals surface area contributed by atoms with Crippen molar-refractivity contribution in [2.24, 2.45) is 0 Å². The van der Waals surface area contributed by atoms with Crippen LogP contribution in [0.2, 0.25) is 0 Å². The van der Waals surface area contributed by atoms with Gasteiger partial charge in [0.2, 0.25) is 0 Å². The number of nitrogens with zero attached hydrogens (tertiary/aromatic N) is 2. The second kappa shape index (κ2) is 14.2. The predicted molar refractivity (Wildman–Crippen MR) is 179 cm³/mol. The minimum atomic E-state index is -0.519. The maximum absolute atomic E-state index is 13.3. The molecule has 10 nitrogen and oxygen atoms in total. The molecule has 0 radical (unpaired) electrons. The van der Waals surface area contributed by atoms with Crippen LogP contribution in [-0.2, 0) is 4.74 Å². The number of para-hydroxylation sites is 1. The van der Waals surface area contributed by atoms with Crippen LogP contribution in [0.4, 0.5) is 10.5 Å². The molecule has 1 aliphatic rings. The Hall–Kier alpha value is -4.35. The first-order chi connectivity index (χ1) is 21.6. The molecule has 2 aromatic carbocycles. The number of hydrogen-bond donors (Lipinski definition) is 3. The van der Waals surface area contributed by atoms with Crippen molar-refractivity contribution >= 4 is 52.1 Å². The number of anilines is 1. The van der Waals surface area contributed by atoms with Gasteiger partial charge in [-0.05, 0) is 81.8 Å². The van der Waals surface area contributed by atoms with Gasteiger partial charge in [-0.25, -0.2) is 4.79 Å². The molecule has 2 amide bonds. The Morgan fingerprint density at radius 1 is 1.16 bits per heavy atom. The van der Waals surface area contributed by atoms with Crippen LogP contribution in [0.15, 0.2) is 47.8 Å². The van der Waals surface area contributed by atoms with Crippen LogP contribution in [0, 0.1) is 6.92 Å². The van der Waals surface area contributed by atoms with E-state index in [9.17, 15) is 9.59 Å². The molecule has 1 aliphatic heterocycles. The molecular formula is C34H41N5O5S. The summed E-state index contributed by atoms with van der Waals surface area (Å²) in [7, 11) is 1.57. The first-order valence-corrected chi connectivity index (χ1v) is 16.0. The average Bonchev–Trinajstić information content (AvgIpc) is 3.74. The summed E-state index contributed by atoms with van der Waals surface area (Å²) in [6, 6.07) is 13.7. The lowest BCUT2D eigenvalue weighted by molar-refractivity contribution is 0.0505. The van der Waals surface area contributed by atoms with Crippen LogP contribution in [0.1, 0.15) is 60.1 Å². The van der Waals surface area contributed by atoms with E-state index >= 15 is 0 Å². The van der Waals surface area contributed by atoms with Gasteiger partial charge in [0.15, 0.2) is 11.5 Å². The molecule has 3 heterocycles. The number of benzene rings is 2. The largest absolute Gasteiger partial charge is 0.491 e. The van der Waals surface area contributed by atoms with Crippen molar-refractivity contribution in [3.05, 3.63) is 69.5 Å². The normalized spacial score (nSPS) is 15.4. The molecule has 4 aromatic rings. The van der Waals surface area contributed by atoms with E-state index in [1.807, 2.05) is 87.7 Å². The summed E-state index contributed by atoms with van der Waals surface area (Å²) >= 11 is 1.40. The quantitative estimate of drug-likeness (QED) is 0.157. The molecular weight excluding hydrogens is 590 g/mol. The van der Waals surface area contributed by atoms with Gasteiger partial charge in [0.25, 0.3) is 5.91 Å². The highest BCUT2D eigenvalue weighted by atomic mass is 32.1. The van der Waals surface area contributed by atoms with Crippen molar-refractivity contribution in [1.82, 2.24) is 20.4 Å². The van der Waals surface area contributed by atoms with Gasteiger partial charge >= 0.3 is 6.09 Å². The molecule has 2 aromatic heterocycles. The Balaban J connectivity index is 1.26. The first-order valence-electron chi connectivity index (χ1n) is 15.1. The number of likely N-dealkylation sites (tertiary alicyclic amines) is 1. The van der Waals surface area contributed by atoms with E-state index < -0.39 is 5.60 Å². The third-order valence-electron chi connectivity index (χ3n) is 7.45.